The Morgan fingerprint density at radius 1 is 1.20 bits per heavy atom. The van der Waals surface area contributed by atoms with Gasteiger partial charge in [-0.1, -0.05) is 28.1 Å². The van der Waals surface area contributed by atoms with Gasteiger partial charge >= 0.3 is 0 Å². The molecule has 80 valence electrons. The van der Waals surface area contributed by atoms with Crippen molar-refractivity contribution in [1.29, 1.82) is 5.41 Å². The van der Waals surface area contributed by atoms with Crippen LogP contribution in [0.15, 0.2) is 28.7 Å². The number of amidine groups is 1. The van der Waals surface area contributed by atoms with Crippen molar-refractivity contribution < 1.29 is 0 Å². The van der Waals surface area contributed by atoms with Crippen LogP contribution in [0.25, 0.3) is 0 Å². The number of hydrogen-bond acceptors (Lipinski definition) is 1. The van der Waals surface area contributed by atoms with E-state index in [2.05, 4.69) is 33.0 Å². The molecule has 2 nitrogen and oxygen atoms in total. The number of nitrogens with zero attached hydrogens (tertiary/aromatic N) is 1. The molecule has 15 heavy (non-hydrogen) atoms. The van der Waals surface area contributed by atoms with E-state index in [1.807, 2.05) is 12.1 Å². The van der Waals surface area contributed by atoms with E-state index in [0.717, 1.165) is 29.8 Å². The van der Waals surface area contributed by atoms with Crippen molar-refractivity contribution in [3.8, 4) is 0 Å². The molecule has 1 heterocycles. The van der Waals surface area contributed by atoms with Crippen molar-refractivity contribution in [3.05, 3.63) is 34.3 Å². The molecule has 0 spiro atoms. The molecule has 2 rings (SSSR count). The summed E-state index contributed by atoms with van der Waals surface area (Å²) in [5.74, 6) is 0.759. The average Bonchev–Trinajstić information content (AvgIpc) is 2.74. The number of hydrogen-bond donors (Lipinski definition) is 1. The van der Waals surface area contributed by atoms with Crippen LogP contribution in [0, 0.1) is 5.41 Å². The molecule has 0 radical (unpaired) electrons. The Balaban J connectivity index is 1.96. The third-order valence-electron chi connectivity index (χ3n) is 2.77. The Morgan fingerprint density at radius 3 is 2.40 bits per heavy atom. The zero-order valence-corrected chi connectivity index (χ0v) is 10.3. The van der Waals surface area contributed by atoms with Gasteiger partial charge in [0.25, 0.3) is 0 Å². The van der Waals surface area contributed by atoms with Crippen molar-refractivity contribution in [2.45, 2.75) is 19.3 Å². The van der Waals surface area contributed by atoms with Crippen LogP contribution in [0.2, 0.25) is 0 Å². The summed E-state index contributed by atoms with van der Waals surface area (Å²) in [4.78, 5) is 2.18. The van der Waals surface area contributed by atoms with Crippen LogP contribution in [0.3, 0.4) is 0 Å². The van der Waals surface area contributed by atoms with Crippen molar-refractivity contribution >= 4 is 21.8 Å². The zero-order valence-electron chi connectivity index (χ0n) is 8.67. The van der Waals surface area contributed by atoms with E-state index in [-0.39, 0.29) is 0 Å². The fourth-order valence-electron chi connectivity index (χ4n) is 1.89. The Bertz CT molecular complexity index is 339. The minimum absolute atomic E-state index is 0.757. The van der Waals surface area contributed by atoms with Gasteiger partial charge in [-0.15, -0.1) is 0 Å². The molecule has 0 bridgehead atoms. The summed E-state index contributed by atoms with van der Waals surface area (Å²) in [6.45, 7) is 2.13. The standard InChI is InChI=1S/C12H15BrN2/c13-11-5-3-10(4-6-11)9-12(14)15-7-1-2-8-15/h3-6,14H,1-2,7-9H2. The van der Waals surface area contributed by atoms with Crippen LogP contribution in [-0.2, 0) is 6.42 Å². The monoisotopic (exact) mass is 266 g/mol. The van der Waals surface area contributed by atoms with Crippen molar-refractivity contribution in [2.24, 2.45) is 0 Å². The van der Waals surface area contributed by atoms with E-state index >= 15 is 0 Å². The maximum absolute atomic E-state index is 7.99. The Labute approximate surface area is 98.9 Å². The third-order valence-corrected chi connectivity index (χ3v) is 3.30. The molecule has 1 aromatic rings. The maximum Gasteiger partial charge on any atom is 0.100 e. The molecule has 1 saturated heterocycles. The minimum Gasteiger partial charge on any atom is -0.360 e. The van der Waals surface area contributed by atoms with E-state index < -0.39 is 0 Å². The van der Waals surface area contributed by atoms with Gasteiger partial charge < -0.3 is 4.90 Å². The van der Waals surface area contributed by atoms with Gasteiger partial charge in [0, 0.05) is 24.0 Å². The molecular weight excluding hydrogens is 252 g/mol. The molecule has 0 atom stereocenters. The van der Waals surface area contributed by atoms with E-state index in [1.165, 1.54) is 18.4 Å². The second-order valence-corrected chi connectivity index (χ2v) is 4.86. The molecule has 1 N–H and O–H groups in total. The molecule has 0 aliphatic carbocycles. The van der Waals surface area contributed by atoms with Crippen LogP contribution in [0.1, 0.15) is 18.4 Å². The molecule has 0 aromatic heterocycles. The van der Waals surface area contributed by atoms with E-state index in [1.54, 1.807) is 0 Å². The maximum atomic E-state index is 7.99. The van der Waals surface area contributed by atoms with Crippen LogP contribution >= 0.6 is 15.9 Å². The summed E-state index contributed by atoms with van der Waals surface area (Å²) in [5.41, 5.74) is 1.22. The Morgan fingerprint density at radius 2 is 1.80 bits per heavy atom. The van der Waals surface area contributed by atoms with Crippen LogP contribution in [0.5, 0.6) is 0 Å². The first-order valence-corrected chi connectivity index (χ1v) is 6.12. The molecule has 1 aliphatic rings. The summed E-state index contributed by atoms with van der Waals surface area (Å²) in [5, 5.41) is 7.99. The number of likely N-dealkylation sites (tertiary alicyclic amines) is 1. The van der Waals surface area contributed by atoms with Crippen LogP contribution in [-0.4, -0.2) is 23.8 Å². The number of rotatable bonds is 2. The predicted molar refractivity (Wildman–Crippen MR) is 66.4 cm³/mol. The number of benzene rings is 1. The normalized spacial score (nSPS) is 15.7. The van der Waals surface area contributed by atoms with Crippen molar-refractivity contribution in [1.82, 2.24) is 4.90 Å². The van der Waals surface area contributed by atoms with Gasteiger partial charge in [-0.2, -0.15) is 0 Å². The molecule has 1 fully saturated rings. The van der Waals surface area contributed by atoms with Gasteiger partial charge in [0.05, 0.1) is 0 Å². The molecule has 0 unspecified atom stereocenters. The summed E-state index contributed by atoms with van der Waals surface area (Å²) in [7, 11) is 0. The lowest BCUT2D eigenvalue weighted by Crippen LogP contribution is -2.28. The lowest BCUT2D eigenvalue weighted by Gasteiger charge is -2.18. The van der Waals surface area contributed by atoms with Crippen LogP contribution < -0.4 is 0 Å². The highest BCUT2D eigenvalue weighted by molar-refractivity contribution is 9.10. The largest absolute Gasteiger partial charge is 0.360 e. The first-order valence-electron chi connectivity index (χ1n) is 5.32. The first kappa shape index (κ1) is 10.7. The second-order valence-electron chi connectivity index (χ2n) is 3.94. The summed E-state index contributed by atoms with van der Waals surface area (Å²) >= 11 is 3.41. The van der Waals surface area contributed by atoms with Crippen LogP contribution in [0.4, 0.5) is 0 Å². The fourth-order valence-corrected chi connectivity index (χ4v) is 2.16. The third kappa shape index (κ3) is 2.81. The molecule has 1 aromatic carbocycles. The molecular formula is C12H15BrN2. The van der Waals surface area contributed by atoms with E-state index in [9.17, 15) is 0 Å². The minimum atomic E-state index is 0.757. The topological polar surface area (TPSA) is 27.1 Å². The van der Waals surface area contributed by atoms with Gasteiger partial charge in [-0.05, 0) is 30.5 Å². The van der Waals surface area contributed by atoms with Gasteiger partial charge in [0.15, 0.2) is 0 Å². The van der Waals surface area contributed by atoms with E-state index in [4.69, 9.17) is 5.41 Å². The second kappa shape index (κ2) is 4.79. The molecule has 1 aliphatic heterocycles. The molecule has 0 saturated carbocycles. The van der Waals surface area contributed by atoms with Gasteiger partial charge in [-0.3, -0.25) is 5.41 Å². The number of nitrogens with one attached hydrogen (secondary N) is 1. The quantitative estimate of drug-likeness (QED) is 0.647. The lowest BCUT2D eigenvalue weighted by molar-refractivity contribution is 0.507. The first-order chi connectivity index (χ1) is 7.25. The van der Waals surface area contributed by atoms with E-state index in [0.29, 0.717) is 0 Å². The summed E-state index contributed by atoms with van der Waals surface area (Å²) in [6.07, 6.45) is 3.23. The number of halogens is 1. The smallest absolute Gasteiger partial charge is 0.100 e. The average molecular weight is 267 g/mol. The highest BCUT2D eigenvalue weighted by atomic mass is 79.9. The van der Waals surface area contributed by atoms with Crippen molar-refractivity contribution in [2.75, 3.05) is 13.1 Å². The SMILES string of the molecule is N=C(Cc1ccc(Br)cc1)N1CCCC1. The highest BCUT2D eigenvalue weighted by Crippen LogP contribution is 2.14. The highest BCUT2D eigenvalue weighted by Gasteiger charge is 2.14. The Kier molecular flexibility index (Phi) is 3.41. The molecule has 0 amide bonds. The molecule has 3 heteroatoms. The summed E-state index contributed by atoms with van der Waals surface area (Å²) in [6, 6.07) is 8.22. The zero-order chi connectivity index (χ0) is 10.7. The van der Waals surface area contributed by atoms with Gasteiger partial charge in [0.2, 0.25) is 0 Å². The predicted octanol–water partition coefficient (Wildman–Crippen LogP) is 3.06. The Hall–Kier alpha value is -0.830. The summed E-state index contributed by atoms with van der Waals surface area (Å²) < 4.78 is 1.10. The fraction of sp³-hybridized carbons (Fsp3) is 0.417. The van der Waals surface area contributed by atoms with Gasteiger partial charge in [-0.25, -0.2) is 0 Å². The lowest BCUT2D eigenvalue weighted by atomic mass is 10.1. The van der Waals surface area contributed by atoms with Crippen molar-refractivity contribution in [3.63, 3.8) is 0 Å². The van der Waals surface area contributed by atoms with Gasteiger partial charge in [0.1, 0.15) is 5.84 Å².